The smallest absolute Gasteiger partial charge is 0.107 e. The minimum absolute atomic E-state index is 0.299. The monoisotopic (exact) mass is 247 g/mol. The van der Waals surface area contributed by atoms with Crippen molar-refractivity contribution < 1.29 is 0 Å². The fraction of sp³-hybridized carbons (Fsp3) is 0.385. The number of hydrogen-bond donors (Lipinski definition) is 1. The minimum Gasteiger partial charge on any atom is -0.304 e. The maximum atomic E-state index is 4.52. The Bertz CT molecular complexity index is 459. The first-order valence-electron chi connectivity index (χ1n) is 5.73. The molecule has 4 heteroatoms. The average molecular weight is 247 g/mol. The van der Waals surface area contributed by atoms with Gasteiger partial charge in [-0.05, 0) is 32.4 Å². The van der Waals surface area contributed by atoms with Crippen LogP contribution >= 0.6 is 11.3 Å². The fourth-order valence-corrected chi connectivity index (χ4v) is 2.49. The Morgan fingerprint density at radius 1 is 1.41 bits per heavy atom. The Kier molecular flexibility index (Phi) is 3.86. The summed E-state index contributed by atoms with van der Waals surface area (Å²) in [6.07, 6.45) is 3.69. The van der Waals surface area contributed by atoms with E-state index in [2.05, 4.69) is 42.1 Å². The van der Waals surface area contributed by atoms with Gasteiger partial charge in [-0.1, -0.05) is 6.07 Å². The molecule has 0 bridgehead atoms. The van der Waals surface area contributed by atoms with Crippen LogP contribution in [0.1, 0.15) is 34.1 Å². The van der Waals surface area contributed by atoms with Gasteiger partial charge in [0.15, 0.2) is 0 Å². The summed E-state index contributed by atoms with van der Waals surface area (Å²) in [6.45, 7) is 7.13. The Hall–Kier alpha value is -1.26. The molecule has 1 N–H and O–H groups in total. The van der Waals surface area contributed by atoms with Crippen molar-refractivity contribution in [2.75, 3.05) is 0 Å². The van der Waals surface area contributed by atoms with E-state index in [1.165, 1.54) is 10.4 Å². The first-order chi connectivity index (χ1) is 8.16. The van der Waals surface area contributed by atoms with Crippen LogP contribution in [0, 0.1) is 13.8 Å². The van der Waals surface area contributed by atoms with Crippen molar-refractivity contribution in [1.82, 2.24) is 15.3 Å². The molecule has 17 heavy (non-hydrogen) atoms. The van der Waals surface area contributed by atoms with E-state index in [1.807, 2.05) is 12.3 Å². The number of aryl methyl sites for hydroxylation is 2. The Morgan fingerprint density at radius 3 is 2.82 bits per heavy atom. The molecule has 2 rings (SSSR count). The van der Waals surface area contributed by atoms with Crippen LogP contribution in [0.5, 0.6) is 0 Å². The summed E-state index contributed by atoms with van der Waals surface area (Å²) < 4.78 is 0. The van der Waals surface area contributed by atoms with Crippen LogP contribution in [-0.4, -0.2) is 9.97 Å². The minimum atomic E-state index is 0.299. The number of hydrogen-bond acceptors (Lipinski definition) is 4. The van der Waals surface area contributed by atoms with Gasteiger partial charge in [-0.15, -0.1) is 11.3 Å². The highest BCUT2D eigenvalue weighted by atomic mass is 32.1. The number of rotatable bonds is 4. The lowest BCUT2D eigenvalue weighted by molar-refractivity contribution is 0.571. The van der Waals surface area contributed by atoms with E-state index in [4.69, 9.17) is 0 Å². The van der Waals surface area contributed by atoms with Crippen LogP contribution in [0.25, 0.3) is 0 Å². The molecule has 0 radical (unpaired) electrons. The van der Waals surface area contributed by atoms with Crippen molar-refractivity contribution in [3.8, 4) is 0 Å². The summed E-state index contributed by atoms with van der Waals surface area (Å²) in [5.74, 6) is 0. The summed E-state index contributed by atoms with van der Waals surface area (Å²) in [5, 5.41) is 4.61. The van der Waals surface area contributed by atoms with Crippen LogP contribution in [0.15, 0.2) is 24.5 Å². The van der Waals surface area contributed by atoms with E-state index in [0.29, 0.717) is 6.04 Å². The van der Waals surface area contributed by atoms with Gasteiger partial charge in [-0.25, -0.2) is 4.98 Å². The molecule has 3 nitrogen and oxygen atoms in total. The standard InChI is InChI=1S/C13H17N3S/c1-9-11(3)17-13(16-9)8-15-10(2)12-5-4-6-14-7-12/h4-7,10,15H,8H2,1-3H3. The molecule has 1 atom stereocenters. The molecule has 0 saturated carbocycles. The van der Waals surface area contributed by atoms with Gasteiger partial charge in [0.05, 0.1) is 5.69 Å². The molecule has 0 amide bonds. The van der Waals surface area contributed by atoms with Gasteiger partial charge >= 0.3 is 0 Å². The molecule has 0 aliphatic carbocycles. The molecule has 1 unspecified atom stereocenters. The Balaban J connectivity index is 1.94. The second-order valence-corrected chi connectivity index (χ2v) is 5.43. The third-order valence-electron chi connectivity index (χ3n) is 2.82. The number of aromatic nitrogens is 2. The Morgan fingerprint density at radius 2 is 2.24 bits per heavy atom. The van der Waals surface area contributed by atoms with Crippen molar-refractivity contribution in [2.45, 2.75) is 33.4 Å². The van der Waals surface area contributed by atoms with Crippen molar-refractivity contribution in [1.29, 1.82) is 0 Å². The van der Waals surface area contributed by atoms with E-state index in [0.717, 1.165) is 17.2 Å². The quantitative estimate of drug-likeness (QED) is 0.902. The molecule has 0 saturated heterocycles. The average Bonchev–Trinajstić information content (AvgIpc) is 2.67. The number of pyridine rings is 1. The zero-order chi connectivity index (χ0) is 12.3. The predicted octanol–water partition coefficient (Wildman–Crippen LogP) is 3.01. The van der Waals surface area contributed by atoms with E-state index in [-0.39, 0.29) is 0 Å². The van der Waals surface area contributed by atoms with Crippen molar-refractivity contribution in [2.24, 2.45) is 0 Å². The molecule has 0 aromatic carbocycles. The highest BCUT2D eigenvalue weighted by Crippen LogP contribution is 2.17. The van der Waals surface area contributed by atoms with E-state index in [1.54, 1.807) is 17.5 Å². The van der Waals surface area contributed by atoms with Crippen molar-refractivity contribution in [3.05, 3.63) is 45.7 Å². The first kappa shape index (κ1) is 12.2. The topological polar surface area (TPSA) is 37.8 Å². The molecule has 0 spiro atoms. The highest BCUT2D eigenvalue weighted by molar-refractivity contribution is 7.11. The summed E-state index contributed by atoms with van der Waals surface area (Å²) in [4.78, 5) is 9.94. The van der Waals surface area contributed by atoms with Crippen molar-refractivity contribution >= 4 is 11.3 Å². The van der Waals surface area contributed by atoms with Crippen LogP contribution in [0.2, 0.25) is 0 Å². The second kappa shape index (κ2) is 5.38. The van der Waals surface area contributed by atoms with E-state index < -0.39 is 0 Å². The van der Waals surface area contributed by atoms with Gasteiger partial charge in [0.25, 0.3) is 0 Å². The van der Waals surface area contributed by atoms with Crippen LogP contribution < -0.4 is 5.32 Å². The second-order valence-electron chi connectivity index (χ2n) is 4.14. The number of nitrogens with one attached hydrogen (secondary N) is 1. The molecule has 0 aliphatic heterocycles. The molecule has 2 aromatic rings. The SMILES string of the molecule is Cc1nc(CNC(C)c2cccnc2)sc1C. The molecule has 2 heterocycles. The van der Waals surface area contributed by atoms with Gasteiger partial charge in [-0.3, -0.25) is 4.98 Å². The van der Waals surface area contributed by atoms with E-state index in [9.17, 15) is 0 Å². The molecular weight excluding hydrogens is 230 g/mol. The third kappa shape index (κ3) is 3.11. The van der Waals surface area contributed by atoms with Crippen LogP contribution in [0.4, 0.5) is 0 Å². The summed E-state index contributed by atoms with van der Waals surface area (Å²) in [5.41, 5.74) is 2.35. The lowest BCUT2D eigenvalue weighted by atomic mass is 10.1. The van der Waals surface area contributed by atoms with Gasteiger partial charge in [0.1, 0.15) is 5.01 Å². The van der Waals surface area contributed by atoms with Crippen molar-refractivity contribution in [3.63, 3.8) is 0 Å². The molecule has 0 fully saturated rings. The Labute approximate surface area is 106 Å². The summed E-state index contributed by atoms with van der Waals surface area (Å²) in [6, 6.07) is 4.35. The van der Waals surface area contributed by atoms with Crippen LogP contribution in [0.3, 0.4) is 0 Å². The van der Waals surface area contributed by atoms with Gasteiger partial charge in [0.2, 0.25) is 0 Å². The zero-order valence-corrected chi connectivity index (χ0v) is 11.2. The predicted molar refractivity (Wildman–Crippen MR) is 71.1 cm³/mol. The lowest BCUT2D eigenvalue weighted by Crippen LogP contribution is -2.18. The normalized spacial score (nSPS) is 12.6. The molecule has 0 aliphatic rings. The third-order valence-corrected chi connectivity index (χ3v) is 3.89. The maximum absolute atomic E-state index is 4.52. The highest BCUT2D eigenvalue weighted by Gasteiger charge is 2.07. The molecule has 2 aromatic heterocycles. The molecular formula is C13H17N3S. The molecule has 90 valence electrons. The van der Waals surface area contributed by atoms with Gasteiger partial charge < -0.3 is 5.32 Å². The summed E-state index contributed by atoms with van der Waals surface area (Å²) >= 11 is 1.76. The van der Waals surface area contributed by atoms with Gasteiger partial charge in [0, 0.05) is 29.9 Å². The number of thiazole rings is 1. The van der Waals surface area contributed by atoms with Gasteiger partial charge in [-0.2, -0.15) is 0 Å². The van der Waals surface area contributed by atoms with E-state index >= 15 is 0 Å². The lowest BCUT2D eigenvalue weighted by Gasteiger charge is -2.12. The fourth-order valence-electron chi connectivity index (χ4n) is 1.61. The van der Waals surface area contributed by atoms with Crippen LogP contribution in [-0.2, 0) is 6.54 Å². The number of nitrogens with zero attached hydrogens (tertiary/aromatic N) is 2. The largest absolute Gasteiger partial charge is 0.304 e. The maximum Gasteiger partial charge on any atom is 0.107 e. The zero-order valence-electron chi connectivity index (χ0n) is 10.4. The summed E-state index contributed by atoms with van der Waals surface area (Å²) in [7, 11) is 0. The first-order valence-corrected chi connectivity index (χ1v) is 6.54.